The van der Waals surface area contributed by atoms with Crippen molar-refractivity contribution in [1.29, 1.82) is 0 Å². The second-order valence-electron chi connectivity index (χ2n) is 8.56. The minimum atomic E-state index is -0.583. The summed E-state index contributed by atoms with van der Waals surface area (Å²) in [7, 11) is 0. The van der Waals surface area contributed by atoms with Crippen molar-refractivity contribution >= 4 is 40.7 Å². The highest BCUT2D eigenvalue weighted by atomic mass is 35.5. The number of nitrogens with one attached hydrogen (secondary N) is 4. The van der Waals surface area contributed by atoms with Crippen molar-refractivity contribution in [3.8, 4) is 0 Å². The SMILES string of the molecule is CC(C)N(CCNC(=O)c1[nH]cnc1C(=O)Nc1ccc(NC(=O)c2ccc(F)cc2Cl)cc1)C(C)N. The maximum atomic E-state index is 13.2. The number of hydrogen-bond acceptors (Lipinski definition) is 6. The molecule has 0 saturated heterocycles. The van der Waals surface area contributed by atoms with Gasteiger partial charge >= 0.3 is 0 Å². The molecule has 0 aliphatic carbocycles. The average molecular weight is 530 g/mol. The summed E-state index contributed by atoms with van der Waals surface area (Å²) >= 11 is 5.93. The number of nitrogens with two attached hydrogens (primary N) is 1. The van der Waals surface area contributed by atoms with Crippen molar-refractivity contribution in [3.05, 3.63) is 76.6 Å². The van der Waals surface area contributed by atoms with E-state index in [0.717, 1.165) is 12.1 Å². The van der Waals surface area contributed by atoms with Gasteiger partial charge in [0.1, 0.15) is 11.5 Å². The van der Waals surface area contributed by atoms with Gasteiger partial charge in [-0.3, -0.25) is 19.3 Å². The van der Waals surface area contributed by atoms with Gasteiger partial charge in [0.05, 0.1) is 23.1 Å². The Hall–Kier alpha value is -3.80. The molecule has 3 rings (SSSR count). The van der Waals surface area contributed by atoms with E-state index in [9.17, 15) is 18.8 Å². The van der Waals surface area contributed by atoms with Crippen LogP contribution in [0.1, 0.15) is 52.1 Å². The Morgan fingerprint density at radius 1 is 1.03 bits per heavy atom. The number of H-pyrrole nitrogens is 1. The largest absolute Gasteiger partial charge is 0.349 e. The number of carbonyl (C=O) groups excluding carboxylic acids is 3. The number of hydrogen-bond donors (Lipinski definition) is 5. The van der Waals surface area contributed by atoms with E-state index in [2.05, 4.69) is 25.9 Å². The Labute approximate surface area is 218 Å². The van der Waals surface area contributed by atoms with Gasteiger partial charge in [-0.15, -0.1) is 0 Å². The number of aromatic amines is 1. The number of anilines is 2. The first-order valence-electron chi connectivity index (χ1n) is 11.6. The third-order valence-electron chi connectivity index (χ3n) is 5.50. The Balaban J connectivity index is 1.58. The molecular weight excluding hydrogens is 501 g/mol. The topological polar surface area (TPSA) is 145 Å². The highest BCUT2D eigenvalue weighted by molar-refractivity contribution is 6.34. The third kappa shape index (κ3) is 7.35. The Morgan fingerprint density at radius 3 is 2.22 bits per heavy atom. The van der Waals surface area contributed by atoms with Crippen LogP contribution in [0.2, 0.25) is 5.02 Å². The molecule has 0 saturated carbocycles. The van der Waals surface area contributed by atoms with Gasteiger partial charge in [-0.05, 0) is 63.2 Å². The fraction of sp³-hybridized carbons (Fsp3) is 0.280. The summed E-state index contributed by atoms with van der Waals surface area (Å²) in [5.74, 6) is -2.10. The molecule has 1 aromatic heterocycles. The summed E-state index contributed by atoms with van der Waals surface area (Å²) in [6.07, 6.45) is 1.11. The molecule has 0 aliphatic heterocycles. The number of rotatable bonds is 10. The number of halogens is 2. The van der Waals surface area contributed by atoms with Crippen molar-refractivity contribution in [3.63, 3.8) is 0 Å². The summed E-state index contributed by atoms with van der Waals surface area (Å²) in [6.45, 7) is 6.80. The standard InChI is InChI=1S/C25H29ClFN7O3/c1-14(2)34(15(3)28)11-10-29-24(36)21-22(31-13-30-21)25(37)33-18-7-5-17(6-8-18)32-23(35)19-9-4-16(27)12-20(19)26/h4-9,12-15H,10-11,28H2,1-3H3,(H,29,36)(H,30,31)(H,32,35)(H,33,37). The van der Waals surface area contributed by atoms with Crippen LogP contribution in [0, 0.1) is 5.82 Å². The first-order valence-corrected chi connectivity index (χ1v) is 11.9. The van der Waals surface area contributed by atoms with E-state index in [1.54, 1.807) is 24.3 Å². The lowest BCUT2D eigenvalue weighted by Crippen LogP contribution is -2.47. The minimum Gasteiger partial charge on any atom is -0.349 e. The predicted molar refractivity (Wildman–Crippen MR) is 140 cm³/mol. The fourth-order valence-electron chi connectivity index (χ4n) is 3.66. The molecule has 3 aromatic rings. The molecule has 1 unspecified atom stereocenters. The first-order chi connectivity index (χ1) is 17.6. The average Bonchev–Trinajstić information content (AvgIpc) is 3.32. The van der Waals surface area contributed by atoms with Crippen molar-refractivity contribution in [2.24, 2.45) is 5.73 Å². The van der Waals surface area contributed by atoms with Gasteiger partial charge < -0.3 is 26.7 Å². The maximum Gasteiger partial charge on any atom is 0.276 e. The van der Waals surface area contributed by atoms with Gasteiger partial charge in [-0.2, -0.15) is 0 Å². The summed E-state index contributed by atoms with van der Waals surface area (Å²) < 4.78 is 13.2. The lowest BCUT2D eigenvalue weighted by atomic mass is 10.2. The molecule has 0 bridgehead atoms. The number of benzene rings is 2. The van der Waals surface area contributed by atoms with Crippen LogP contribution < -0.4 is 21.7 Å². The molecule has 37 heavy (non-hydrogen) atoms. The van der Waals surface area contributed by atoms with Gasteiger partial charge in [-0.25, -0.2) is 9.37 Å². The zero-order valence-corrected chi connectivity index (χ0v) is 21.4. The molecule has 6 N–H and O–H groups in total. The maximum absolute atomic E-state index is 13.2. The predicted octanol–water partition coefficient (Wildman–Crippen LogP) is 3.45. The molecule has 1 heterocycles. The van der Waals surface area contributed by atoms with E-state index in [-0.39, 0.29) is 34.2 Å². The van der Waals surface area contributed by atoms with Gasteiger partial charge in [-0.1, -0.05) is 11.6 Å². The molecule has 12 heteroatoms. The number of nitrogens with zero attached hydrogens (tertiary/aromatic N) is 2. The Kier molecular flexibility index (Phi) is 9.34. The van der Waals surface area contributed by atoms with E-state index < -0.39 is 23.5 Å². The molecule has 196 valence electrons. The second-order valence-corrected chi connectivity index (χ2v) is 8.97. The molecule has 10 nitrogen and oxygen atoms in total. The molecule has 3 amide bonds. The van der Waals surface area contributed by atoms with Gasteiger partial charge in [0, 0.05) is 30.5 Å². The van der Waals surface area contributed by atoms with E-state index in [4.69, 9.17) is 17.3 Å². The Bertz CT molecular complexity index is 1250. The summed E-state index contributed by atoms with van der Waals surface area (Å²) in [5, 5.41) is 8.09. The first kappa shape index (κ1) is 27.8. The van der Waals surface area contributed by atoms with Crippen molar-refractivity contribution in [1.82, 2.24) is 20.2 Å². The zero-order chi connectivity index (χ0) is 27.1. The van der Waals surface area contributed by atoms with Crippen molar-refractivity contribution in [2.75, 3.05) is 23.7 Å². The van der Waals surface area contributed by atoms with Gasteiger partial charge in [0.15, 0.2) is 5.69 Å². The van der Waals surface area contributed by atoms with Crippen molar-refractivity contribution in [2.45, 2.75) is 33.0 Å². The summed E-state index contributed by atoms with van der Waals surface area (Å²) in [6, 6.07) is 9.98. The fourth-order valence-corrected chi connectivity index (χ4v) is 3.91. The minimum absolute atomic E-state index is 0.00795. The van der Waals surface area contributed by atoms with Crippen LogP contribution in [0.25, 0.3) is 0 Å². The van der Waals surface area contributed by atoms with Crippen LogP contribution in [0.5, 0.6) is 0 Å². The van der Waals surface area contributed by atoms with Crippen LogP contribution in [-0.4, -0.2) is 57.9 Å². The lowest BCUT2D eigenvalue weighted by molar-refractivity contribution is 0.0922. The molecule has 1 atom stereocenters. The van der Waals surface area contributed by atoms with E-state index >= 15 is 0 Å². The lowest BCUT2D eigenvalue weighted by Gasteiger charge is -2.30. The summed E-state index contributed by atoms with van der Waals surface area (Å²) in [5.41, 5.74) is 6.92. The monoisotopic (exact) mass is 529 g/mol. The number of amides is 3. The quantitative estimate of drug-likeness (QED) is 0.254. The Morgan fingerprint density at radius 2 is 1.65 bits per heavy atom. The molecule has 0 aliphatic rings. The number of aromatic nitrogens is 2. The smallest absolute Gasteiger partial charge is 0.276 e. The van der Waals surface area contributed by atoms with Crippen molar-refractivity contribution < 1.29 is 18.8 Å². The van der Waals surface area contributed by atoms with Gasteiger partial charge in [0.2, 0.25) is 0 Å². The molecule has 2 aromatic carbocycles. The van der Waals surface area contributed by atoms with E-state index in [1.807, 2.05) is 25.7 Å². The number of imidazole rings is 1. The van der Waals surface area contributed by atoms with Crippen LogP contribution >= 0.6 is 11.6 Å². The number of carbonyl (C=O) groups is 3. The van der Waals surface area contributed by atoms with Crippen LogP contribution in [0.3, 0.4) is 0 Å². The van der Waals surface area contributed by atoms with E-state index in [1.165, 1.54) is 12.4 Å². The highest BCUT2D eigenvalue weighted by Crippen LogP contribution is 2.20. The second kappa shape index (κ2) is 12.4. The zero-order valence-electron chi connectivity index (χ0n) is 20.6. The summed E-state index contributed by atoms with van der Waals surface area (Å²) in [4.78, 5) is 46.5. The van der Waals surface area contributed by atoms with Crippen LogP contribution in [0.15, 0.2) is 48.8 Å². The normalized spacial score (nSPS) is 11.9. The molecule has 0 fully saturated rings. The highest BCUT2D eigenvalue weighted by Gasteiger charge is 2.21. The van der Waals surface area contributed by atoms with Crippen LogP contribution in [-0.2, 0) is 0 Å². The third-order valence-corrected chi connectivity index (χ3v) is 5.81. The molecular formula is C25H29ClFN7O3. The van der Waals surface area contributed by atoms with E-state index in [0.29, 0.717) is 24.5 Å². The molecule has 0 radical (unpaired) electrons. The molecule has 0 spiro atoms. The van der Waals surface area contributed by atoms with Gasteiger partial charge in [0.25, 0.3) is 17.7 Å². The van der Waals surface area contributed by atoms with Crippen LogP contribution in [0.4, 0.5) is 15.8 Å².